The molecule has 0 bridgehead atoms. The summed E-state index contributed by atoms with van der Waals surface area (Å²) in [5.74, 6) is -2.13. The van der Waals surface area contributed by atoms with Gasteiger partial charge in [0, 0.05) is 5.56 Å². The summed E-state index contributed by atoms with van der Waals surface area (Å²) in [6.07, 6.45) is -3.57. The number of nitro groups is 1. The molecule has 8 heteroatoms. The van der Waals surface area contributed by atoms with E-state index in [9.17, 15) is 23.7 Å². The van der Waals surface area contributed by atoms with Gasteiger partial charge in [-0.2, -0.15) is 0 Å². The number of rotatable bonds is 4. The van der Waals surface area contributed by atoms with Crippen molar-refractivity contribution in [1.82, 2.24) is 4.98 Å². The summed E-state index contributed by atoms with van der Waals surface area (Å²) in [7, 11) is 0. The first-order valence-electron chi connectivity index (χ1n) is 4.47. The van der Waals surface area contributed by atoms with Crippen LogP contribution in [0.25, 0.3) is 0 Å². The molecule has 1 N–H and O–H groups in total. The first-order chi connectivity index (χ1) is 7.82. The van der Waals surface area contributed by atoms with Crippen LogP contribution in [0.2, 0.25) is 0 Å². The van der Waals surface area contributed by atoms with Crippen molar-refractivity contribution in [3.63, 3.8) is 0 Å². The van der Waals surface area contributed by atoms with Gasteiger partial charge in [0.05, 0.1) is 12.0 Å². The van der Waals surface area contributed by atoms with Crippen LogP contribution < -0.4 is 0 Å². The number of alkyl halides is 2. The van der Waals surface area contributed by atoms with E-state index in [1.807, 2.05) is 0 Å². The van der Waals surface area contributed by atoms with Crippen LogP contribution >= 0.6 is 0 Å². The number of hydrogen-bond donors (Lipinski definition) is 1. The zero-order valence-electron chi connectivity index (χ0n) is 8.68. The molecule has 0 radical (unpaired) electrons. The standard InChI is InChI=1S/C9H8F2N2O4/c1-4-2-5(3-6(14)15)9(13(16)17)12-7(4)8(10)11/h2,8H,3H2,1H3,(H,14,15). The minimum absolute atomic E-state index is 0.0295. The zero-order chi connectivity index (χ0) is 13.2. The number of aliphatic carboxylic acids is 1. The van der Waals surface area contributed by atoms with Gasteiger partial charge in [0.2, 0.25) is 5.69 Å². The monoisotopic (exact) mass is 246 g/mol. The molecule has 0 saturated heterocycles. The minimum Gasteiger partial charge on any atom is -0.481 e. The van der Waals surface area contributed by atoms with Crippen molar-refractivity contribution in [3.05, 3.63) is 33.0 Å². The number of pyridine rings is 1. The van der Waals surface area contributed by atoms with E-state index in [2.05, 4.69) is 4.98 Å². The fourth-order valence-corrected chi connectivity index (χ4v) is 1.35. The molecule has 1 heterocycles. The van der Waals surface area contributed by atoms with E-state index in [-0.39, 0.29) is 11.1 Å². The smallest absolute Gasteiger partial charge is 0.367 e. The summed E-state index contributed by atoms with van der Waals surface area (Å²) >= 11 is 0. The summed E-state index contributed by atoms with van der Waals surface area (Å²) in [6, 6.07) is 1.06. The highest BCUT2D eigenvalue weighted by Crippen LogP contribution is 2.26. The largest absolute Gasteiger partial charge is 0.481 e. The normalized spacial score (nSPS) is 10.6. The number of aromatic nitrogens is 1. The molecule has 1 rings (SSSR count). The van der Waals surface area contributed by atoms with Crippen molar-refractivity contribution in [3.8, 4) is 0 Å². The van der Waals surface area contributed by atoms with Gasteiger partial charge in [0.25, 0.3) is 0 Å². The third-order valence-corrected chi connectivity index (χ3v) is 2.03. The molecule has 1 aromatic rings. The van der Waals surface area contributed by atoms with Crippen LogP contribution in [-0.4, -0.2) is 21.0 Å². The molecule has 0 spiro atoms. The lowest BCUT2D eigenvalue weighted by atomic mass is 10.1. The molecule has 0 aliphatic carbocycles. The van der Waals surface area contributed by atoms with Crippen LogP contribution in [0.5, 0.6) is 0 Å². The third-order valence-electron chi connectivity index (χ3n) is 2.03. The highest BCUT2D eigenvalue weighted by Gasteiger charge is 2.26. The van der Waals surface area contributed by atoms with Gasteiger partial charge in [0.1, 0.15) is 0 Å². The molecular formula is C9H8F2N2O4. The first kappa shape index (κ1) is 12.9. The molecule has 0 aliphatic heterocycles. The second-order valence-corrected chi connectivity index (χ2v) is 3.30. The third kappa shape index (κ3) is 2.92. The maximum absolute atomic E-state index is 12.5. The molecule has 0 atom stereocenters. The van der Waals surface area contributed by atoms with Gasteiger partial charge in [-0.1, -0.05) is 0 Å². The van der Waals surface area contributed by atoms with Crippen molar-refractivity contribution < 1.29 is 23.6 Å². The number of nitrogens with zero attached hydrogens (tertiary/aromatic N) is 2. The van der Waals surface area contributed by atoms with Gasteiger partial charge in [-0.3, -0.25) is 4.79 Å². The molecule has 0 amide bonds. The van der Waals surface area contributed by atoms with E-state index in [1.54, 1.807) is 0 Å². The maximum atomic E-state index is 12.5. The zero-order valence-corrected chi connectivity index (χ0v) is 8.68. The molecule has 0 saturated carbocycles. The minimum atomic E-state index is -2.94. The highest BCUT2D eigenvalue weighted by atomic mass is 19.3. The number of aryl methyl sites for hydroxylation is 1. The Kier molecular flexibility index (Phi) is 3.66. The molecule has 92 valence electrons. The molecule has 0 aromatic carbocycles. The Morgan fingerprint density at radius 1 is 1.65 bits per heavy atom. The molecule has 1 aromatic heterocycles. The lowest BCUT2D eigenvalue weighted by Gasteiger charge is -2.04. The number of halogens is 2. The summed E-state index contributed by atoms with van der Waals surface area (Å²) in [6.45, 7) is 1.30. The van der Waals surface area contributed by atoms with E-state index >= 15 is 0 Å². The molecule has 6 nitrogen and oxygen atoms in total. The Bertz CT molecular complexity index is 476. The molecule has 0 unspecified atom stereocenters. The van der Waals surface area contributed by atoms with Gasteiger partial charge in [-0.25, -0.2) is 8.78 Å². The molecule has 17 heavy (non-hydrogen) atoms. The second kappa shape index (κ2) is 4.81. The number of hydrogen-bond acceptors (Lipinski definition) is 4. The summed E-state index contributed by atoms with van der Waals surface area (Å²) in [5.41, 5.74) is -0.864. The predicted molar refractivity (Wildman–Crippen MR) is 51.9 cm³/mol. The Hall–Kier alpha value is -2.12. The Balaban J connectivity index is 3.35. The van der Waals surface area contributed by atoms with Gasteiger partial charge < -0.3 is 15.2 Å². The lowest BCUT2D eigenvalue weighted by Crippen LogP contribution is -2.08. The van der Waals surface area contributed by atoms with E-state index in [1.165, 1.54) is 6.92 Å². The quantitative estimate of drug-likeness (QED) is 0.646. The highest BCUT2D eigenvalue weighted by molar-refractivity contribution is 5.71. The van der Waals surface area contributed by atoms with Gasteiger partial charge in [-0.05, 0) is 22.9 Å². The lowest BCUT2D eigenvalue weighted by molar-refractivity contribution is -0.390. The Morgan fingerprint density at radius 2 is 2.24 bits per heavy atom. The van der Waals surface area contributed by atoms with Crippen LogP contribution in [0, 0.1) is 17.0 Å². The Morgan fingerprint density at radius 3 is 2.65 bits per heavy atom. The number of carbonyl (C=O) groups is 1. The number of carboxylic acid groups (broad SMARTS) is 1. The van der Waals surface area contributed by atoms with Crippen LogP contribution in [-0.2, 0) is 11.2 Å². The SMILES string of the molecule is Cc1cc(CC(=O)O)c([N+](=O)[O-])nc1C(F)F. The van der Waals surface area contributed by atoms with Gasteiger partial charge in [0.15, 0.2) is 0 Å². The van der Waals surface area contributed by atoms with Crippen LogP contribution in [0.15, 0.2) is 6.07 Å². The van der Waals surface area contributed by atoms with Crippen LogP contribution in [0.3, 0.4) is 0 Å². The summed E-state index contributed by atoms with van der Waals surface area (Å²) < 4.78 is 24.9. The van der Waals surface area contributed by atoms with Gasteiger partial charge >= 0.3 is 18.2 Å². The van der Waals surface area contributed by atoms with Crippen LogP contribution in [0.4, 0.5) is 14.6 Å². The predicted octanol–water partition coefficient (Wildman–Crippen LogP) is 1.86. The molecular weight excluding hydrogens is 238 g/mol. The Labute approximate surface area is 94.1 Å². The van der Waals surface area contributed by atoms with Crippen molar-refractivity contribution in [1.29, 1.82) is 0 Å². The fourth-order valence-electron chi connectivity index (χ4n) is 1.35. The summed E-state index contributed by atoms with van der Waals surface area (Å²) in [5, 5.41) is 19.1. The van der Waals surface area contributed by atoms with Crippen molar-refractivity contribution in [2.24, 2.45) is 0 Å². The first-order valence-corrected chi connectivity index (χ1v) is 4.47. The van der Waals surface area contributed by atoms with E-state index < -0.39 is 35.3 Å². The maximum Gasteiger partial charge on any atom is 0.367 e. The van der Waals surface area contributed by atoms with Crippen molar-refractivity contribution >= 4 is 11.8 Å². The molecule has 0 fully saturated rings. The topological polar surface area (TPSA) is 93.3 Å². The van der Waals surface area contributed by atoms with E-state index in [0.717, 1.165) is 6.07 Å². The average molecular weight is 246 g/mol. The van der Waals surface area contributed by atoms with Crippen molar-refractivity contribution in [2.75, 3.05) is 0 Å². The van der Waals surface area contributed by atoms with Gasteiger partial charge in [-0.15, -0.1) is 0 Å². The number of carboxylic acids is 1. The molecule has 0 aliphatic rings. The fraction of sp³-hybridized carbons (Fsp3) is 0.333. The second-order valence-electron chi connectivity index (χ2n) is 3.30. The van der Waals surface area contributed by atoms with Crippen LogP contribution in [0.1, 0.15) is 23.2 Å². The van der Waals surface area contributed by atoms with Crippen molar-refractivity contribution in [2.45, 2.75) is 19.8 Å². The van der Waals surface area contributed by atoms with E-state index in [0.29, 0.717) is 0 Å². The average Bonchev–Trinajstić information content (AvgIpc) is 2.15. The van der Waals surface area contributed by atoms with E-state index in [4.69, 9.17) is 5.11 Å². The summed E-state index contributed by atoms with van der Waals surface area (Å²) in [4.78, 5) is 23.3.